The monoisotopic (exact) mass is 385 g/mol. The zero-order valence-corrected chi connectivity index (χ0v) is 16.7. The second-order valence-corrected chi connectivity index (χ2v) is 6.80. The number of rotatable bonds is 7. The van der Waals surface area contributed by atoms with Gasteiger partial charge in [0.25, 0.3) is 5.91 Å². The maximum atomic E-state index is 13.0. The van der Waals surface area contributed by atoms with Gasteiger partial charge < -0.3 is 14.5 Å². The van der Waals surface area contributed by atoms with Crippen molar-refractivity contribution in [2.45, 2.75) is 39.3 Å². The molecule has 0 radical (unpaired) electrons. The Morgan fingerprint density at radius 1 is 1.29 bits per heavy atom. The first-order valence-electron chi connectivity index (χ1n) is 9.70. The number of hydrogen-bond donors (Lipinski definition) is 0. The van der Waals surface area contributed by atoms with E-state index < -0.39 is 0 Å². The van der Waals surface area contributed by atoms with Crippen LogP contribution in [0.4, 0.5) is 0 Å². The van der Waals surface area contributed by atoms with Crippen molar-refractivity contribution in [1.29, 1.82) is 0 Å². The van der Waals surface area contributed by atoms with Gasteiger partial charge in [-0.1, -0.05) is 17.3 Å². The molecule has 1 fully saturated rings. The van der Waals surface area contributed by atoms with E-state index in [1.807, 2.05) is 43.0 Å². The normalized spacial score (nSPS) is 16.2. The summed E-state index contributed by atoms with van der Waals surface area (Å²) in [6, 6.07) is 7.80. The number of ether oxygens (including phenoxy) is 1. The summed E-state index contributed by atoms with van der Waals surface area (Å²) in [5.41, 5.74) is 1.32. The van der Waals surface area contributed by atoms with Crippen LogP contribution in [0.5, 0.6) is 5.75 Å². The van der Waals surface area contributed by atoms with Crippen molar-refractivity contribution in [2.75, 3.05) is 26.7 Å². The topological polar surface area (TPSA) is 80.6 Å². The molecule has 1 aromatic carbocycles. The van der Waals surface area contributed by atoms with E-state index in [0.717, 1.165) is 24.2 Å². The Morgan fingerprint density at radius 2 is 2.07 bits per heavy atom. The quantitative estimate of drug-likeness (QED) is 0.729. The van der Waals surface area contributed by atoms with Gasteiger partial charge in [0.05, 0.1) is 19.3 Å². The summed E-state index contributed by atoms with van der Waals surface area (Å²) in [6.45, 7) is 5.92. The van der Waals surface area contributed by atoms with Crippen molar-refractivity contribution >= 4 is 11.8 Å². The van der Waals surface area contributed by atoms with Crippen LogP contribution in [0.2, 0.25) is 0 Å². The van der Waals surface area contributed by atoms with Crippen LogP contribution in [0.3, 0.4) is 0 Å². The van der Waals surface area contributed by atoms with Crippen molar-refractivity contribution in [3.05, 3.63) is 41.7 Å². The number of methoxy groups -OCH3 is 1. The Hall–Kier alpha value is -2.90. The molecule has 2 aromatic rings. The number of likely N-dealkylation sites (tertiary alicyclic amines) is 1. The Labute approximate surface area is 165 Å². The van der Waals surface area contributed by atoms with Crippen molar-refractivity contribution in [3.63, 3.8) is 0 Å². The number of nitrogens with zero attached hydrogens (tertiary/aromatic N) is 5. The average molecular weight is 385 g/mol. The molecule has 1 aliphatic heterocycles. The minimum absolute atomic E-state index is 0.00921. The van der Waals surface area contributed by atoms with Gasteiger partial charge >= 0.3 is 0 Å². The molecular weight excluding hydrogens is 358 g/mol. The van der Waals surface area contributed by atoms with Crippen LogP contribution in [0.15, 0.2) is 30.5 Å². The van der Waals surface area contributed by atoms with Crippen LogP contribution >= 0.6 is 0 Å². The van der Waals surface area contributed by atoms with Crippen molar-refractivity contribution in [3.8, 4) is 5.75 Å². The van der Waals surface area contributed by atoms with Crippen molar-refractivity contribution < 1.29 is 14.3 Å². The first kappa shape index (κ1) is 19.9. The van der Waals surface area contributed by atoms with Crippen LogP contribution in [-0.4, -0.2) is 63.4 Å². The van der Waals surface area contributed by atoms with Gasteiger partial charge in [-0.05, 0) is 44.4 Å². The van der Waals surface area contributed by atoms with Gasteiger partial charge in [-0.2, -0.15) is 0 Å². The first-order valence-corrected chi connectivity index (χ1v) is 9.70. The second kappa shape index (κ2) is 8.86. The minimum Gasteiger partial charge on any atom is -0.497 e. The molecule has 1 aromatic heterocycles. The lowest BCUT2D eigenvalue weighted by molar-refractivity contribution is -0.131. The lowest BCUT2D eigenvalue weighted by atomic mass is 10.0. The van der Waals surface area contributed by atoms with Gasteiger partial charge in [-0.15, -0.1) is 5.10 Å². The van der Waals surface area contributed by atoms with Crippen LogP contribution in [0, 0.1) is 0 Å². The Kier molecular flexibility index (Phi) is 6.28. The Bertz CT molecular complexity index is 831. The maximum absolute atomic E-state index is 13.0. The molecule has 28 heavy (non-hydrogen) atoms. The molecule has 0 aliphatic carbocycles. The molecule has 1 atom stereocenters. The molecule has 2 heterocycles. The van der Waals surface area contributed by atoms with E-state index in [0.29, 0.717) is 19.6 Å². The van der Waals surface area contributed by atoms with Crippen molar-refractivity contribution in [2.24, 2.45) is 0 Å². The molecule has 0 saturated carbocycles. The first-order chi connectivity index (χ1) is 13.6. The molecule has 0 spiro atoms. The third-order valence-corrected chi connectivity index (χ3v) is 5.16. The summed E-state index contributed by atoms with van der Waals surface area (Å²) < 4.78 is 6.74. The Morgan fingerprint density at radius 3 is 2.79 bits per heavy atom. The molecule has 2 amide bonds. The maximum Gasteiger partial charge on any atom is 0.276 e. The second-order valence-electron chi connectivity index (χ2n) is 6.80. The average Bonchev–Trinajstić information content (AvgIpc) is 3.38. The number of carbonyl (C=O) groups is 2. The molecule has 150 valence electrons. The highest BCUT2D eigenvalue weighted by Gasteiger charge is 2.32. The van der Waals surface area contributed by atoms with Gasteiger partial charge in [0, 0.05) is 19.6 Å². The van der Waals surface area contributed by atoms with Gasteiger partial charge in [-0.3, -0.25) is 9.59 Å². The number of likely N-dealkylation sites (N-methyl/N-ethyl adjacent to an activating group) is 1. The molecule has 1 saturated heterocycles. The molecule has 1 aliphatic rings. The number of hydrogen-bond acceptors (Lipinski definition) is 5. The smallest absolute Gasteiger partial charge is 0.276 e. The standard InChI is InChI=1S/C20H27N5O3/c1-4-23(5-2)19(26)14-24-13-17(21-22-24)20(27)25-11-7-10-18(25)15-8-6-9-16(12-15)28-3/h6,8-9,12-13,18H,4-5,7,10-11,14H2,1-3H3/t18-/m1/s1. The van der Waals surface area contributed by atoms with Gasteiger partial charge in [-0.25, -0.2) is 4.68 Å². The minimum atomic E-state index is -0.160. The summed E-state index contributed by atoms with van der Waals surface area (Å²) in [7, 11) is 1.63. The largest absolute Gasteiger partial charge is 0.497 e. The fourth-order valence-electron chi connectivity index (χ4n) is 3.64. The lowest BCUT2D eigenvalue weighted by Gasteiger charge is -2.24. The number of benzene rings is 1. The van der Waals surface area contributed by atoms with Gasteiger partial charge in [0.2, 0.25) is 5.91 Å². The summed E-state index contributed by atoms with van der Waals surface area (Å²) in [5, 5.41) is 7.99. The van der Waals surface area contributed by atoms with Gasteiger partial charge in [0.15, 0.2) is 5.69 Å². The van der Waals surface area contributed by atoms with Crippen LogP contribution in [-0.2, 0) is 11.3 Å². The molecule has 0 unspecified atom stereocenters. The summed E-state index contributed by atoms with van der Waals surface area (Å²) in [6.07, 6.45) is 3.39. The molecule has 0 N–H and O–H groups in total. The van der Waals surface area contributed by atoms with Crippen LogP contribution < -0.4 is 4.74 Å². The van der Waals surface area contributed by atoms with E-state index in [2.05, 4.69) is 10.3 Å². The molecule has 3 rings (SSSR count). The number of carbonyl (C=O) groups excluding carboxylic acids is 2. The van der Waals surface area contributed by atoms with Crippen LogP contribution in [0.1, 0.15) is 48.8 Å². The van der Waals surface area contributed by atoms with E-state index in [9.17, 15) is 9.59 Å². The van der Waals surface area contributed by atoms with Crippen molar-refractivity contribution in [1.82, 2.24) is 24.8 Å². The molecular formula is C20H27N5O3. The van der Waals surface area contributed by atoms with E-state index in [-0.39, 0.29) is 30.1 Å². The summed E-state index contributed by atoms with van der Waals surface area (Å²) >= 11 is 0. The highest BCUT2D eigenvalue weighted by molar-refractivity contribution is 5.92. The predicted octanol–water partition coefficient (Wildman–Crippen LogP) is 2.13. The van der Waals surface area contributed by atoms with Gasteiger partial charge in [0.1, 0.15) is 12.3 Å². The fourth-order valence-corrected chi connectivity index (χ4v) is 3.64. The third-order valence-electron chi connectivity index (χ3n) is 5.16. The van der Waals surface area contributed by atoms with E-state index in [4.69, 9.17) is 4.74 Å². The van der Waals surface area contributed by atoms with E-state index in [1.54, 1.807) is 18.2 Å². The summed E-state index contributed by atoms with van der Waals surface area (Å²) in [4.78, 5) is 28.8. The van der Waals surface area contributed by atoms with E-state index >= 15 is 0 Å². The molecule has 8 heteroatoms. The SMILES string of the molecule is CCN(CC)C(=O)Cn1cc(C(=O)N2CCC[C@@H]2c2cccc(OC)c2)nn1. The highest BCUT2D eigenvalue weighted by atomic mass is 16.5. The number of aromatic nitrogens is 3. The number of amides is 2. The zero-order chi connectivity index (χ0) is 20.1. The summed E-state index contributed by atoms with van der Waals surface area (Å²) in [5.74, 6) is 0.578. The Balaban J connectivity index is 1.73. The third kappa shape index (κ3) is 4.16. The lowest BCUT2D eigenvalue weighted by Crippen LogP contribution is -2.33. The predicted molar refractivity (Wildman–Crippen MR) is 104 cm³/mol. The highest BCUT2D eigenvalue weighted by Crippen LogP contribution is 2.34. The van der Waals surface area contributed by atoms with Crippen LogP contribution in [0.25, 0.3) is 0 Å². The van der Waals surface area contributed by atoms with E-state index in [1.165, 1.54) is 4.68 Å². The molecule has 0 bridgehead atoms. The fraction of sp³-hybridized carbons (Fsp3) is 0.500. The zero-order valence-electron chi connectivity index (χ0n) is 16.7. The molecule has 8 nitrogen and oxygen atoms in total.